The maximum atomic E-state index is 11.9. The van der Waals surface area contributed by atoms with E-state index in [9.17, 15) is 8.42 Å². The van der Waals surface area contributed by atoms with Gasteiger partial charge in [-0.1, -0.05) is 31.8 Å². The monoisotopic (exact) mass is 323 g/mol. The molecule has 0 radical (unpaired) electrons. The van der Waals surface area contributed by atoms with Crippen molar-refractivity contribution in [3.63, 3.8) is 0 Å². The summed E-state index contributed by atoms with van der Waals surface area (Å²) < 4.78 is 28.8. The second kappa shape index (κ2) is 6.41. The third kappa shape index (κ3) is 4.17. The van der Waals surface area contributed by atoms with Crippen molar-refractivity contribution in [3.05, 3.63) is 11.7 Å². The Morgan fingerprint density at radius 1 is 1.35 bits per heavy atom. The Morgan fingerprint density at radius 2 is 1.95 bits per heavy atom. The predicted molar refractivity (Wildman–Crippen MR) is 78.2 cm³/mol. The van der Waals surface area contributed by atoms with Crippen LogP contribution in [-0.4, -0.2) is 24.3 Å². The second-order valence-electron chi connectivity index (χ2n) is 5.82. The molecule has 0 aliphatic heterocycles. The van der Waals surface area contributed by atoms with Crippen molar-refractivity contribution in [2.45, 2.75) is 50.8 Å². The van der Waals surface area contributed by atoms with E-state index >= 15 is 0 Å². The summed E-state index contributed by atoms with van der Waals surface area (Å²) in [4.78, 5) is 4.17. The lowest BCUT2D eigenvalue weighted by Crippen LogP contribution is -2.34. The highest BCUT2D eigenvalue weighted by Gasteiger charge is 2.36. The van der Waals surface area contributed by atoms with Crippen molar-refractivity contribution in [3.8, 4) is 0 Å². The fourth-order valence-corrected chi connectivity index (χ4v) is 4.13. The van der Waals surface area contributed by atoms with Crippen LogP contribution >= 0.6 is 12.4 Å². The van der Waals surface area contributed by atoms with E-state index in [1.54, 1.807) is 0 Å². The summed E-state index contributed by atoms with van der Waals surface area (Å²) in [7, 11) is -3.20. The summed E-state index contributed by atoms with van der Waals surface area (Å²) in [5.74, 6) is 0.599. The van der Waals surface area contributed by atoms with Crippen LogP contribution in [0.5, 0.6) is 0 Å². The molecule has 1 saturated carbocycles. The van der Waals surface area contributed by atoms with Crippen LogP contribution < -0.4 is 5.73 Å². The Morgan fingerprint density at radius 3 is 2.50 bits per heavy atom. The molecule has 0 saturated heterocycles. The standard InChI is InChI=1S/C12H21N3O3S.ClH/c1-9(2)7-19(16,17)8-10-14-11(15-18-10)12(13)5-3-4-6-12;/h9H,3-8,13H2,1-2H3;1H. The molecule has 0 bridgehead atoms. The maximum absolute atomic E-state index is 11.9. The average Bonchev–Trinajstić information content (AvgIpc) is 2.85. The first-order valence-corrected chi connectivity index (χ1v) is 8.45. The van der Waals surface area contributed by atoms with Gasteiger partial charge in [0.2, 0.25) is 5.89 Å². The molecule has 116 valence electrons. The Kier molecular flexibility index (Phi) is 5.57. The Bertz CT molecular complexity index is 536. The molecule has 0 spiro atoms. The van der Waals surface area contributed by atoms with Crippen LogP contribution in [0.25, 0.3) is 0 Å². The van der Waals surface area contributed by atoms with E-state index in [-0.39, 0.29) is 35.7 Å². The van der Waals surface area contributed by atoms with E-state index in [0.717, 1.165) is 25.7 Å². The van der Waals surface area contributed by atoms with Crippen molar-refractivity contribution >= 4 is 22.2 Å². The van der Waals surface area contributed by atoms with Crippen LogP contribution in [-0.2, 0) is 21.1 Å². The van der Waals surface area contributed by atoms with Crippen LogP contribution in [0.15, 0.2) is 4.52 Å². The third-order valence-electron chi connectivity index (χ3n) is 3.34. The van der Waals surface area contributed by atoms with Crippen molar-refractivity contribution in [2.75, 3.05) is 5.75 Å². The SMILES string of the molecule is CC(C)CS(=O)(=O)Cc1nc(C2(N)CCCC2)no1.Cl. The summed E-state index contributed by atoms with van der Waals surface area (Å²) in [5, 5.41) is 3.86. The molecule has 0 unspecified atom stereocenters. The van der Waals surface area contributed by atoms with E-state index in [1.165, 1.54) is 0 Å². The fourth-order valence-electron chi connectivity index (χ4n) is 2.50. The Labute approximate surface area is 125 Å². The van der Waals surface area contributed by atoms with Gasteiger partial charge in [-0.05, 0) is 18.8 Å². The molecule has 1 fully saturated rings. The molecule has 2 N–H and O–H groups in total. The summed E-state index contributed by atoms with van der Waals surface area (Å²) in [6, 6.07) is 0. The first-order valence-electron chi connectivity index (χ1n) is 6.63. The normalized spacial score (nSPS) is 18.2. The van der Waals surface area contributed by atoms with Crippen molar-refractivity contribution in [1.82, 2.24) is 10.1 Å². The van der Waals surface area contributed by atoms with Gasteiger partial charge < -0.3 is 10.3 Å². The van der Waals surface area contributed by atoms with Crippen LogP contribution in [0.2, 0.25) is 0 Å². The van der Waals surface area contributed by atoms with Gasteiger partial charge in [0.25, 0.3) is 0 Å². The fraction of sp³-hybridized carbons (Fsp3) is 0.833. The minimum absolute atomic E-state index is 0. The maximum Gasteiger partial charge on any atom is 0.241 e. The highest BCUT2D eigenvalue weighted by atomic mass is 35.5. The summed E-state index contributed by atoms with van der Waals surface area (Å²) in [5.41, 5.74) is 5.67. The van der Waals surface area contributed by atoms with E-state index in [2.05, 4.69) is 10.1 Å². The summed E-state index contributed by atoms with van der Waals surface area (Å²) in [6.45, 7) is 3.73. The molecule has 1 aromatic rings. The molecule has 0 aromatic carbocycles. The summed E-state index contributed by atoms with van der Waals surface area (Å²) >= 11 is 0. The Hall–Kier alpha value is -0.660. The van der Waals surface area contributed by atoms with Crippen molar-refractivity contribution in [2.24, 2.45) is 11.7 Å². The summed E-state index contributed by atoms with van der Waals surface area (Å²) in [6.07, 6.45) is 3.74. The third-order valence-corrected chi connectivity index (χ3v) is 5.20. The largest absolute Gasteiger partial charge is 0.338 e. The smallest absolute Gasteiger partial charge is 0.241 e. The van der Waals surface area contributed by atoms with E-state index in [0.29, 0.717) is 5.82 Å². The van der Waals surface area contributed by atoms with Crippen molar-refractivity contribution in [1.29, 1.82) is 0 Å². The zero-order valence-electron chi connectivity index (χ0n) is 11.8. The molecular weight excluding hydrogens is 302 g/mol. The predicted octanol–water partition coefficient (Wildman–Crippen LogP) is 1.79. The van der Waals surface area contributed by atoms with Gasteiger partial charge in [-0.15, -0.1) is 12.4 Å². The van der Waals surface area contributed by atoms with Gasteiger partial charge in [-0.3, -0.25) is 0 Å². The molecule has 1 heterocycles. The van der Waals surface area contributed by atoms with E-state index in [1.807, 2.05) is 13.8 Å². The number of hydrogen-bond donors (Lipinski definition) is 1. The van der Waals surface area contributed by atoms with Gasteiger partial charge in [0, 0.05) is 0 Å². The molecule has 2 rings (SSSR count). The average molecular weight is 324 g/mol. The highest BCUT2D eigenvalue weighted by Crippen LogP contribution is 2.34. The lowest BCUT2D eigenvalue weighted by Gasteiger charge is -2.17. The van der Waals surface area contributed by atoms with Crippen molar-refractivity contribution < 1.29 is 12.9 Å². The quantitative estimate of drug-likeness (QED) is 0.886. The van der Waals surface area contributed by atoms with E-state index < -0.39 is 15.4 Å². The number of nitrogens with zero attached hydrogens (tertiary/aromatic N) is 2. The topological polar surface area (TPSA) is 99.1 Å². The zero-order valence-corrected chi connectivity index (χ0v) is 13.5. The van der Waals surface area contributed by atoms with Gasteiger partial charge in [0.05, 0.1) is 11.3 Å². The van der Waals surface area contributed by atoms with Crippen LogP contribution in [0.4, 0.5) is 0 Å². The number of halogens is 1. The number of nitrogens with two attached hydrogens (primary N) is 1. The molecule has 1 aliphatic rings. The lowest BCUT2D eigenvalue weighted by molar-refractivity contribution is 0.354. The molecular formula is C12H22ClN3O3S. The van der Waals surface area contributed by atoms with Crippen LogP contribution in [0.1, 0.15) is 51.2 Å². The highest BCUT2D eigenvalue weighted by molar-refractivity contribution is 7.90. The van der Waals surface area contributed by atoms with Gasteiger partial charge in [-0.25, -0.2) is 8.42 Å². The van der Waals surface area contributed by atoms with Gasteiger partial charge >= 0.3 is 0 Å². The molecule has 0 amide bonds. The second-order valence-corrected chi connectivity index (χ2v) is 7.93. The zero-order chi connectivity index (χ0) is 14.1. The van der Waals surface area contributed by atoms with Crippen LogP contribution in [0.3, 0.4) is 0 Å². The number of rotatable bonds is 5. The molecule has 6 nitrogen and oxygen atoms in total. The minimum Gasteiger partial charge on any atom is -0.338 e. The van der Waals surface area contributed by atoms with Gasteiger partial charge in [-0.2, -0.15) is 4.98 Å². The molecule has 1 aliphatic carbocycles. The number of aromatic nitrogens is 2. The van der Waals surface area contributed by atoms with Crippen LogP contribution in [0, 0.1) is 5.92 Å². The van der Waals surface area contributed by atoms with Gasteiger partial charge in [0.1, 0.15) is 5.75 Å². The first kappa shape index (κ1) is 17.4. The molecule has 8 heteroatoms. The lowest BCUT2D eigenvalue weighted by atomic mass is 9.99. The number of sulfone groups is 1. The molecule has 0 atom stereocenters. The Balaban J connectivity index is 0.00000200. The molecule has 1 aromatic heterocycles. The molecule has 20 heavy (non-hydrogen) atoms. The van der Waals surface area contributed by atoms with Gasteiger partial charge in [0.15, 0.2) is 15.7 Å². The number of hydrogen-bond acceptors (Lipinski definition) is 6. The first-order chi connectivity index (χ1) is 8.81. The van der Waals surface area contributed by atoms with E-state index in [4.69, 9.17) is 10.3 Å². The minimum atomic E-state index is -3.20.